The number of nitrogens with one attached hydrogen (secondary N) is 1. The van der Waals surface area contributed by atoms with Crippen LogP contribution >= 0.6 is 0 Å². The Morgan fingerprint density at radius 1 is 1.20 bits per heavy atom. The molecule has 0 unspecified atom stereocenters. The van der Waals surface area contributed by atoms with E-state index in [1.165, 1.54) is 0 Å². The number of piperidine rings is 1. The lowest BCUT2D eigenvalue weighted by Crippen LogP contribution is -2.41. The lowest BCUT2D eigenvalue weighted by Gasteiger charge is -2.31. The molecule has 0 atom stereocenters. The molecule has 1 saturated heterocycles. The first kappa shape index (κ1) is 19.1. The normalized spacial score (nSPS) is 15.0. The highest BCUT2D eigenvalue weighted by molar-refractivity contribution is 5.79. The Kier molecular flexibility index (Phi) is 7.63. The average molecular weight is 347 g/mol. The predicted molar refractivity (Wildman–Crippen MR) is 97.1 cm³/mol. The number of carbonyl (C=O) groups is 2. The highest BCUT2D eigenvalue weighted by Gasteiger charge is 2.25. The van der Waals surface area contributed by atoms with E-state index in [0.717, 1.165) is 45.0 Å². The first-order valence-corrected chi connectivity index (χ1v) is 9.23. The van der Waals surface area contributed by atoms with E-state index in [-0.39, 0.29) is 17.7 Å². The van der Waals surface area contributed by atoms with Crippen molar-refractivity contribution in [1.29, 1.82) is 0 Å². The van der Waals surface area contributed by atoms with Crippen LogP contribution in [0.3, 0.4) is 0 Å². The maximum absolute atomic E-state index is 12.3. The van der Waals surface area contributed by atoms with Gasteiger partial charge in [0.1, 0.15) is 0 Å². The highest BCUT2D eigenvalue weighted by Crippen LogP contribution is 2.20. The van der Waals surface area contributed by atoms with Crippen LogP contribution in [0.5, 0.6) is 0 Å². The minimum Gasteiger partial charge on any atom is -0.356 e. The molecule has 0 aromatic carbocycles. The molecule has 0 radical (unpaired) electrons. The lowest BCUT2D eigenvalue weighted by atomic mass is 9.96. The van der Waals surface area contributed by atoms with Gasteiger partial charge in [-0.3, -0.25) is 9.59 Å². The molecule has 0 aliphatic carbocycles. The second-order valence-electron chi connectivity index (χ2n) is 6.27. The molecule has 7 heteroatoms. The van der Waals surface area contributed by atoms with Crippen molar-refractivity contribution < 1.29 is 9.59 Å². The topological polar surface area (TPSA) is 78.4 Å². The molecule has 1 aromatic rings. The number of carbonyl (C=O) groups excluding carboxylic acids is 2. The SMILES string of the molecule is CCN(CC)C(=O)CCCNC(=O)C1CCN(c2ncccn2)CC1. The van der Waals surface area contributed by atoms with Gasteiger partial charge in [-0.25, -0.2) is 9.97 Å². The molecule has 0 saturated carbocycles. The third-order valence-corrected chi connectivity index (χ3v) is 4.68. The van der Waals surface area contributed by atoms with Crippen LogP contribution in [0.4, 0.5) is 5.95 Å². The van der Waals surface area contributed by atoms with Crippen LogP contribution in [0.2, 0.25) is 0 Å². The third-order valence-electron chi connectivity index (χ3n) is 4.68. The van der Waals surface area contributed by atoms with Crippen LogP contribution in [0.25, 0.3) is 0 Å². The van der Waals surface area contributed by atoms with Crippen LogP contribution in [-0.2, 0) is 9.59 Å². The predicted octanol–water partition coefficient (Wildman–Crippen LogP) is 1.46. The van der Waals surface area contributed by atoms with Gasteiger partial charge in [0.15, 0.2) is 0 Å². The van der Waals surface area contributed by atoms with E-state index in [2.05, 4.69) is 20.2 Å². The molecular formula is C18H29N5O2. The summed E-state index contributed by atoms with van der Waals surface area (Å²) in [5, 5.41) is 2.98. The summed E-state index contributed by atoms with van der Waals surface area (Å²) >= 11 is 0. The molecule has 1 aromatic heterocycles. The Bertz CT molecular complexity index is 540. The van der Waals surface area contributed by atoms with Crippen molar-refractivity contribution in [1.82, 2.24) is 20.2 Å². The summed E-state index contributed by atoms with van der Waals surface area (Å²) in [4.78, 5) is 36.6. The van der Waals surface area contributed by atoms with Crippen LogP contribution < -0.4 is 10.2 Å². The molecule has 1 aliphatic rings. The van der Waals surface area contributed by atoms with Crippen molar-refractivity contribution >= 4 is 17.8 Å². The monoisotopic (exact) mass is 347 g/mol. The van der Waals surface area contributed by atoms with Gasteiger partial charge in [-0.15, -0.1) is 0 Å². The molecule has 2 heterocycles. The van der Waals surface area contributed by atoms with Crippen molar-refractivity contribution in [3.63, 3.8) is 0 Å². The van der Waals surface area contributed by atoms with Crippen molar-refractivity contribution in [2.24, 2.45) is 5.92 Å². The van der Waals surface area contributed by atoms with E-state index in [1.807, 2.05) is 18.7 Å². The zero-order valence-corrected chi connectivity index (χ0v) is 15.3. The van der Waals surface area contributed by atoms with Gasteiger partial charge in [0, 0.05) is 57.5 Å². The molecule has 0 bridgehead atoms. The van der Waals surface area contributed by atoms with Crippen molar-refractivity contribution in [2.75, 3.05) is 37.6 Å². The van der Waals surface area contributed by atoms with Gasteiger partial charge in [-0.2, -0.15) is 0 Å². The minimum atomic E-state index is 0.0402. The number of nitrogens with zero attached hydrogens (tertiary/aromatic N) is 4. The number of amides is 2. The smallest absolute Gasteiger partial charge is 0.225 e. The molecule has 138 valence electrons. The van der Waals surface area contributed by atoms with Crippen LogP contribution in [0, 0.1) is 5.92 Å². The molecule has 2 amide bonds. The van der Waals surface area contributed by atoms with E-state index in [9.17, 15) is 9.59 Å². The summed E-state index contributed by atoms with van der Waals surface area (Å²) in [5.74, 6) is 1.04. The van der Waals surface area contributed by atoms with Gasteiger partial charge in [0.25, 0.3) is 0 Å². The quantitative estimate of drug-likeness (QED) is 0.720. The first-order chi connectivity index (χ1) is 12.2. The Labute approximate surface area is 149 Å². The zero-order valence-electron chi connectivity index (χ0n) is 15.3. The van der Waals surface area contributed by atoms with Crippen LogP contribution in [-0.4, -0.2) is 59.4 Å². The van der Waals surface area contributed by atoms with Gasteiger partial charge in [0.05, 0.1) is 0 Å². The molecular weight excluding hydrogens is 318 g/mol. The highest BCUT2D eigenvalue weighted by atomic mass is 16.2. The lowest BCUT2D eigenvalue weighted by molar-refractivity contribution is -0.131. The Morgan fingerprint density at radius 2 is 1.84 bits per heavy atom. The summed E-state index contributed by atoms with van der Waals surface area (Å²) in [6.07, 6.45) is 6.27. The van der Waals surface area contributed by atoms with E-state index in [4.69, 9.17) is 0 Å². The fourth-order valence-corrected chi connectivity index (χ4v) is 3.13. The van der Waals surface area contributed by atoms with Gasteiger partial charge in [0.2, 0.25) is 17.8 Å². The summed E-state index contributed by atoms with van der Waals surface area (Å²) in [5.41, 5.74) is 0. The Hall–Kier alpha value is -2.18. The van der Waals surface area contributed by atoms with Crippen LogP contribution in [0.1, 0.15) is 39.5 Å². The fourth-order valence-electron chi connectivity index (χ4n) is 3.13. The average Bonchev–Trinajstić information content (AvgIpc) is 2.67. The van der Waals surface area contributed by atoms with E-state index in [0.29, 0.717) is 19.4 Å². The summed E-state index contributed by atoms with van der Waals surface area (Å²) in [6.45, 7) is 7.60. The van der Waals surface area contributed by atoms with Crippen molar-refractivity contribution in [3.8, 4) is 0 Å². The second-order valence-corrected chi connectivity index (χ2v) is 6.27. The molecule has 0 spiro atoms. The van der Waals surface area contributed by atoms with Gasteiger partial charge in [-0.05, 0) is 39.2 Å². The second kappa shape index (κ2) is 9.96. The maximum atomic E-state index is 12.3. The van der Waals surface area contributed by atoms with E-state index < -0.39 is 0 Å². The summed E-state index contributed by atoms with van der Waals surface area (Å²) < 4.78 is 0. The summed E-state index contributed by atoms with van der Waals surface area (Å²) in [6, 6.07) is 1.80. The standard InChI is InChI=1S/C18H29N5O2/c1-3-22(4-2)16(24)7-5-10-19-17(25)15-8-13-23(14-9-15)18-20-11-6-12-21-18/h6,11-12,15H,3-5,7-10,13-14H2,1-2H3,(H,19,25). The molecule has 1 N–H and O–H groups in total. The molecule has 1 aliphatic heterocycles. The Balaban J connectivity index is 1.65. The van der Waals surface area contributed by atoms with Gasteiger partial charge < -0.3 is 15.1 Å². The number of hydrogen-bond donors (Lipinski definition) is 1. The minimum absolute atomic E-state index is 0.0402. The Morgan fingerprint density at radius 3 is 2.44 bits per heavy atom. The number of anilines is 1. The fraction of sp³-hybridized carbons (Fsp3) is 0.667. The van der Waals surface area contributed by atoms with Crippen molar-refractivity contribution in [2.45, 2.75) is 39.5 Å². The largest absolute Gasteiger partial charge is 0.356 e. The van der Waals surface area contributed by atoms with E-state index >= 15 is 0 Å². The summed E-state index contributed by atoms with van der Waals surface area (Å²) in [7, 11) is 0. The van der Waals surface area contributed by atoms with Gasteiger partial charge >= 0.3 is 0 Å². The molecule has 7 nitrogen and oxygen atoms in total. The van der Waals surface area contributed by atoms with Gasteiger partial charge in [-0.1, -0.05) is 0 Å². The first-order valence-electron chi connectivity index (χ1n) is 9.23. The van der Waals surface area contributed by atoms with E-state index in [1.54, 1.807) is 18.5 Å². The number of aromatic nitrogens is 2. The third kappa shape index (κ3) is 5.69. The number of hydrogen-bond acceptors (Lipinski definition) is 5. The number of rotatable bonds is 8. The molecule has 1 fully saturated rings. The molecule has 2 rings (SSSR count). The van der Waals surface area contributed by atoms with Crippen molar-refractivity contribution in [3.05, 3.63) is 18.5 Å². The van der Waals surface area contributed by atoms with Crippen LogP contribution in [0.15, 0.2) is 18.5 Å². The molecule has 25 heavy (non-hydrogen) atoms. The maximum Gasteiger partial charge on any atom is 0.225 e. The zero-order chi connectivity index (χ0) is 18.1.